The Bertz CT molecular complexity index is 531. The van der Waals surface area contributed by atoms with Gasteiger partial charge in [0.15, 0.2) is 6.04 Å². The third kappa shape index (κ3) is 3.66. The molecule has 0 saturated carbocycles. The van der Waals surface area contributed by atoms with Crippen molar-refractivity contribution in [3.63, 3.8) is 0 Å². The third-order valence-corrected chi connectivity index (χ3v) is 2.65. The van der Waals surface area contributed by atoms with Crippen LogP contribution in [0.1, 0.15) is 0 Å². The monoisotopic (exact) mass is 269 g/mol. The van der Waals surface area contributed by atoms with Crippen LogP contribution in [0.15, 0.2) is 60.7 Å². The van der Waals surface area contributed by atoms with Crippen molar-refractivity contribution < 1.29 is 9.59 Å². The zero-order valence-corrected chi connectivity index (χ0v) is 10.7. The van der Waals surface area contributed by atoms with Crippen LogP contribution >= 0.6 is 0 Å². The van der Waals surface area contributed by atoms with Crippen LogP contribution in [0.25, 0.3) is 0 Å². The number of anilines is 2. The zero-order valence-electron chi connectivity index (χ0n) is 10.7. The number of nitrogens with two attached hydrogens (primary N) is 1. The van der Waals surface area contributed by atoms with Gasteiger partial charge in [-0.2, -0.15) is 0 Å². The van der Waals surface area contributed by atoms with Gasteiger partial charge in [0.05, 0.1) is 0 Å². The van der Waals surface area contributed by atoms with Crippen molar-refractivity contribution in [2.45, 2.75) is 6.04 Å². The summed E-state index contributed by atoms with van der Waals surface area (Å²) in [5.74, 6) is -1.10. The van der Waals surface area contributed by atoms with Crippen molar-refractivity contribution in [2.24, 2.45) is 5.73 Å². The van der Waals surface area contributed by atoms with E-state index in [0.717, 1.165) is 0 Å². The second-order valence-electron chi connectivity index (χ2n) is 4.19. The van der Waals surface area contributed by atoms with Gasteiger partial charge in [0, 0.05) is 11.4 Å². The lowest BCUT2D eigenvalue weighted by molar-refractivity contribution is -0.125. The zero-order chi connectivity index (χ0) is 14.4. The molecule has 0 bridgehead atoms. The van der Waals surface area contributed by atoms with Gasteiger partial charge in [-0.1, -0.05) is 36.4 Å². The molecule has 0 spiro atoms. The lowest BCUT2D eigenvalue weighted by atomic mass is 10.2. The van der Waals surface area contributed by atoms with E-state index in [9.17, 15) is 9.59 Å². The minimum Gasteiger partial charge on any atom is -0.324 e. The Hall–Kier alpha value is -2.66. The molecule has 2 aromatic rings. The second kappa shape index (κ2) is 6.49. The van der Waals surface area contributed by atoms with Crippen molar-refractivity contribution in [3.8, 4) is 0 Å². The van der Waals surface area contributed by atoms with E-state index < -0.39 is 17.9 Å². The van der Waals surface area contributed by atoms with Gasteiger partial charge < -0.3 is 16.4 Å². The van der Waals surface area contributed by atoms with E-state index in [4.69, 9.17) is 5.73 Å². The highest BCUT2D eigenvalue weighted by Crippen LogP contribution is 2.07. The van der Waals surface area contributed by atoms with E-state index in [-0.39, 0.29) is 0 Å². The second-order valence-corrected chi connectivity index (χ2v) is 4.19. The number of nitrogens with one attached hydrogen (secondary N) is 2. The van der Waals surface area contributed by atoms with Crippen molar-refractivity contribution in [3.05, 3.63) is 60.7 Å². The first-order valence-electron chi connectivity index (χ1n) is 6.14. The number of para-hydroxylation sites is 2. The van der Waals surface area contributed by atoms with Crippen molar-refractivity contribution in [1.29, 1.82) is 0 Å². The molecule has 5 heteroatoms. The van der Waals surface area contributed by atoms with Gasteiger partial charge in [0.1, 0.15) is 0 Å². The predicted octanol–water partition coefficient (Wildman–Crippen LogP) is 1.59. The molecule has 0 heterocycles. The van der Waals surface area contributed by atoms with Crippen LogP contribution in [0.2, 0.25) is 0 Å². The van der Waals surface area contributed by atoms with Crippen LogP contribution in [0, 0.1) is 0 Å². The van der Waals surface area contributed by atoms with Crippen molar-refractivity contribution in [2.75, 3.05) is 10.6 Å². The molecule has 20 heavy (non-hydrogen) atoms. The lowest BCUT2D eigenvalue weighted by Crippen LogP contribution is -2.45. The number of carbonyl (C=O) groups excluding carboxylic acids is 2. The fourth-order valence-corrected chi connectivity index (χ4v) is 1.60. The van der Waals surface area contributed by atoms with Crippen LogP contribution in [0.4, 0.5) is 11.4 Å². The van der Waals surface area contributed by atoms with Gasteiger partial charge >= 0.3 is 0 Å². The molecule has 0 radical (unpaired) electrons. The fourth-order valence-electron chi connectivity index (χ4n) is 1.60. The van der Waals surface area contributed by atoms with Crippen molar-refractivity contribution in [1.82, 2.24) is 0 Å². The molecule has 4 N–H and O–H groups in total. The topological polar surface area (TPSA) is 84.2 Å². The Labute approximate surface area is 116 Å². The molecule has 0 aromatic heterocycles. The molecule has 102 valence electrons. The van der Waals surface area contributed by atoms with Gasteiger partial charge in [-0.3, -0.25) is 9.59 Å². The van der Waals surface area contributed by atoms with Gasteiger partial charge in [-0.15, -0.1) is 0 Å². The summed E-state index contributed by atoms with van der Waals surface area (Å²) >= 11 is 0. The van der Waals surface area contributed by atoms with Crippen LogP contribution in [-0.4, -0.2) is 17.9 Å². The highest BCUT2D eigenvalue weighted by Gasteiger charge is 2.22. The summed E-state index contributed by atoms with van der Waals surface area (Å²) in [5, 5.41) is 5.17. The maximum Gasteiger partial charge on any atom is 0.251 e. The summed E-state index contributed by atoms with van der Waals surface area (Å²) in [6.07, 6.45) is 0. The van der Waals surface area contributed by atoms with E-state index in [1.54, 1.807) is 48.5 Å². The van der Waals surface area contributed by atoms with E-state index in [1.807, 2.05) is 12.1 Å². The normalized spacial score (nSPS) is 10.1. The highest BCUT2D eigenvalue weighted by molar-refractivity contribution is 6.13. The van der Waals surface area contributed by atoms with Crippen LogP contribution in [0.5, 0.6) is 0 Å². The van der Waals surface area contributed by atoms with Gasteiger partial charge in [0.2, 0.25) is 0 Å². The van der Waals surface area contributed by atoms with E-state index in [1.165, 1.54) is 0 Å². The minimum absolute atomic E-state index is 0.551. The van der Waals surface area contributed by atoms with Crippen molar-refractivity contribution >= 4 is 23.2 Å². The summed E-state index contributed by atoms with van der Waals surface area (Å²) in [7, 11) is 0. The summed E-state index contributed by atoms with van der Waals surface area (Å²) < 4.78 is 0. The maximum atomic E-state index is 11.8. The first kappa shape index (κ1) is 13.8. The van der Waals surface area contributed by atoms with E-state index in [0.29, 0.717) is 11.4 Å². The van der Waals surface area contributed by atoms with Gasteiger partial charge in [-0.25, -0.2) is 0 Å². The minimum atomic E-state index is -1.27. The predicted molar refractivity (Wildman–Crippen MR) is 78.1 cm³/mol. The lowest BCUT2D eigenvalue weighted by Gasteiger charge is -2.12. The van der Waals surface area contributed by atoms with E-state index in [2.05, 4.69) is 10.6 Å². The average Bonchev–Trinajstić information content (AvgIpc) is 2.48. The Morgan fingerprint density at radius 1 is 0.750 bits per heavy atom. The smallest absolute Gasteiger partial charge is 0.251 e. The molecule has 0 aliphatic heterocycles. The highest BCUT2D eigenvalue weighted by atomic mass is 16.2. The molecular formula is C15H15N3O2. The van der Waals surface area contributed by atoms with Gasteiger partial charge in [0.25, 0.3) is 11.8 Å². The number of carbonyl (C=O) groups is 2. The number of amides is 2. The molecule has 0 fully saturated rings. The first-order chi connectivity index (χ1) is 9.66. The molecule has 0 saturated heterocycles. The molecule has 2 rings (SSSR count). The largest absolute Gasteiger partial charge is 0.324 e. The number of benzene rings is 2. The molecule has 2 aromatic carbocycles. The molecule has 0 aliphatic rings. The summed E-state index contributed by atoms with van der Waals surface area (Å²) in [5.41, 5.74) is 6.83. The maximum absolute atomic E-state index is 11.8. The Morgan fingerprint density at radius 2 is 1.10 bits per heavy atom. The molecule has 0 atom stereocenters. The first-order valence-corrected chi connectivity index (χ1v) is 6.14. The molecule has 0 unspecified atom stereocenters. The summed E-state index contributed by atoms with van der Waals surface area (Å²) in [4.78, 5) is 23.7. The van der Waals surface area contributed by atoms with Crippen LogP contribution in [0.3, 0.4) is 0 Å². The Kier molecular flexibility index (Phi) is 4.47. The molecule has 0 aliphatic carbocycles. The molecule has 5 nitrogen and oxygen atoms in total. The van der Waals surface area contributed by atoms with E-state index >= 15 is 0 Å². The molecular weight excluding hydrogens is 254 g/mol. The average molecular weight is 269 g/mol. The molecule has 2 amide bonds. The van der Waals surface area contributed by atoms with Gasteiger partial charge in [-0.05, 0) is 24.3 Å². The summed E-state index contributed by atoms with van der Waals surface area (Å²) in [6, 6.07) is 16.4. The fraction of sp³-hybridized carbons (Fsp3) is 0.0667. The SMILES string of the molecule is NC(C(=O)Nc1ccccc1)C(=O)Nc1ccccc1. The quantitative estimate of drug-likeness (QED) is 0.737. The Morgan fingerprint density at radius 3 is 1.45 bits per heavy atom. The summed E-state index contributed by atoms with van der Waals surface area (Å²) in [6.45, 7) is 0. The number of hydrogen-bond donors (Lipinski definition) is 3. The van der Waals surface area contributed by atoms with Crippen LogP contribution < -0.4 is 16.4 Å². The van der Waals surface area contributed by atoms with Crippen LogP contribution in [-0.2, 0) is 9.59 Å². The standard InChI is InChI=1S/C15H15N3O2/c16-13(14(19)17-11-7-3-1-4-8-11)15(20)18-12-9-5-2-6-10-12/h1-10,13H,16H2,(H,17,19)(H,18,20). The number of rotatable bonds is 4. The number of hydrogen-bond acceptors (Lipinski definition) is 3. The Balaban J connectivity index is 1.95. The third-order valence-electron chi connectivity index (χ3n) is 2.65.